The fourth-order valence-electron chi connectivity index (χ4n) is 4.55. The molecule has 8 heteroatoms. The zero-order valence-electron chi connectivity index (χ0n) is 20.5. The molecule has 0 saturated heterocycles. The largest absolute Gasteiger partial charge is 0.451 e. The van der Waals surface area contributed by atoms with Crippen molar-refractivity contribution in [3.8, 4) is 21.7 Å². The molecule has 1 amide bonds. The topological polar surface area (TPSA) is 73.0 Å². The van der Waals surface area contributed by atoms with E-state index < -0.39 is 6.04 Å². The van der Waals surface area contributed by atoms with Crippen LogP contribution < -0.4 is 5.32 Å². The molecule has 0 bridgehead atoms. The second-order valence-electron chi connectivity index (χ2n) is 8.96. The fraction of sp³-hybridized carbons (Fsp3) is 0.100. The van der Waals surface area contributed by atoms with Crippen LogP contribution in [-0.2, 0) is 13.5 Å². The van der Waals surface area contributed by atoms with Crippen molar-refractivity contribution in [2.24, 2.45) is 7.05 Å². The highest BCUT2D eigenvalue weighted by Gasteiger charge is 2.24. The zero-order chi connectivity index (χ0) is 26.1. The molecule has 0 aliphatic heterocycles. The Morgan fingerprint density at radius 1 is 1.03 bits per heavy atom. The summed E-state index contributed by atoms with van der Waals surface area (Å²) in [6.45, 7) is 0. The van der Waals surface area contributed by atoms with Crippen molar-refractivity contribution < 1.29 is 9.21 Å². The summed E-state index contributed by atoms with van der Waals surface area (Å²) in [5, 5.41) is 6.55. The molecule has 6 aromatic rings. The van der Waals surface area contributed by atoms with Gasteiger partial charge < -0.3 is 14.3 Å². The van der Waals surface area contributed by atoms with Gasteiger partial charge in [-0.15, -0.1) is 11.3 Å². The number of halogens is 1. The monoisotopic (exact) mass is 538 g/mol. The number of pyridine rings is 1. The highest BCUT2D eigenvalue weighted by atomic mass is 35.5. The first kappa shape index (κ1) is 24.2. The van der Waals surface area contributed by atoms with E-state index in [1.165, 1.54) is 10.4 Å². The van der Waals surface area contributed by atoms with Crippen LogP contribution in [0.3, 0.4) is 0 Å². The number of nitrogens with zero attached hydrogens (tertiary/aromatic N) is 3. The van der Waals surface area contributed by atoms with Crippen molar-refractivity contribution >= 4 is 39.8 Å². The lowest BCUT2D eigenvalue weighted by Crippen LogP contribution is -2.31. The van der Waals surface area contributed by atoms with Crippen LogP contribution in [0, 0.1) is 0 Å². The number of furan rings is 1. The molecule has 1 N–H and O–H groups in total. The summed E-state index contributed by atoms with van der Waals surface area (Å²) in [7, 11) is 1.96. The van der Waals surface area contributed by atoms with E-state index in [9.17, 15) is 4.79 Å². The summed E-state index contributed by atoms with van der Waals surface area (Å²) in [5.41, 5.74) is 4.63. The molecule has 2 aromatic carbocycles. The van der Waals surface area contributed by atoms with Gasteiger partial charge in [0.05, 0.1) is 17.9 Å². The highest BCUT2D eigenvalue weighted by molar-refractivity contribution is 7.13. The highest BCUT2D eigenvalue weighted by Crippen LogP contribution is 2.30. The maximum Gasteiger partial charge on any atom is 0.287 e. The Morgan fingerprint density at radius 3 is 2.63 bits per heavy atom. The van der Waals surface area contributed by atoms with Crippen LogP contribution in [0.15, 0.2) is 101 Å². The lowest BCUT2D eigenvalue weighted by atomic mass is 10.1. The Morgan fingerprint density at radius 2 is 1.87 bits per heavy atom. The summed E-state index contributed by atoms with van der Waals surface area (Å²) in [5.74, 6) is 0.607. The number of benzene rings is 2. The number of hydrogen-bond donors (Lipinski definition) is 1. The minimum atomic E-state index is -0.432. The second kappa shape index (κ2) is 10.3. The van der Waals surface area contributed by atoms with E-state index in [0.29, 0.717) is 17.0 Å². The number of imidazole rings is 1. The van der Waals surface area contributed by atoms with Gasteiger partial charge in [0.1, 0.15) is 11.4 Å². The van der Waals surface area contributed by atoms with Crippen LogP contribution in [0.25, 0.3) is 32.7 Å². The van der Waals surface area contributed by atoms with Gasteiger partial charge in [0, 0.05) is 40.6 Å². The molecule has 0 spiro atoms. The molecule has 0 aliphatic carbocycles. The molecule has 0 fully saturated rings. The van der Waals surface area contributed by atoms with Gasteiger partial charge in [-0.05, 0) is 59.0 Å². The minimum absolute atomic E-state index is 0.215. The Kier molecular flexibility index (Phi) is 6.54. The third kappa shape index (κ3) is 4.86. The Balaban J connectivity index is 1.31. The Bertz CT molecular complexity index is 1710. The number of carbonyl (C=O) groups is 1. The van der Waals surface area contributed by atoms with Crippen molar-refractivity contribution in [2.75, 3.05) is 0 Å². The molecule has 0 saturated carbocycles. The fourth-order valence-corrected chi connectivity index (χ4v) is 5.47. The quantitative estimate of drug-likeness (QED) is 0.231. The van der Waals surface area contributed by atoms with Gasteiger partial charge in [0.15, 0.2) is 5.76 Å². The average molecular weight is 539 g/mol. The summed E-state index contributed by atoms with van der Waals surface area (Å²) >= 11 is 7.82. The van der Waals surface area contributed by atoms with E-state index in [1.807, 2.05) is 36.0 Å². The molecule has 0 radical (unpaired) electrons. The van der Waals surface area contributed by atoms with Crippen LogP contribution in [0.4, 0.5) is 0 Å². The number of carbonyl (C=O) groups excluding carboxylic acids is 1. The predicted molar refractivity (Wildman–Crippen MR) is 151 cm³/mol. The number of rotatable bonds is 7. The molecule has 6 rings (SSSR count). The number of fused-ring (bicyclic) bond motifs is 1. The summed E-state index contributed by atoms with van der Waals surface area (Å²) in [4.78, 5) is 23.8. The third-order valence-corrected chi connectivity index (χ3v) is 7.62. The lowest BCUT2D eigenvalue weighted by Gasteiger charge is -2.18. The third-order valence-electron chi connectivity index (χ3n) is 6.47. The molecule has 4 aromatic heterocycles. The number of nitrogens with one attached hydrogen (secondary N) is 1. The summed E-state index contributed by atoms with van der Waals surface area (Å²) < 4.78 is 7.83. The lowest BCUT2D eigenvalue weighted by molar-refractivity contribution is 0.0908. The number of hydrogen-bond acceptors (Lipinski definition) is 5. The SMILES string of the molecule is Cn1c(-c2ccc(-c3cccs3)cc2)cnc1C(Cc1ccccn1)NC(=O)c1cc2cc(Cl)ccc2o1. The first-order valence-electron chi connectivity index (χ1n) is 12.1. The van der Waals surface area contributed by atoms with Gasteiger partial charge in [-0.1, -0.05) is 48.0 Å². The first-order chi connectivity index (χ1) is 18.5. The van der Waals surface area contributed by atoms with Gasteiger partial charge >= 0.3 is 0 Å². The van der Waals surface area contributed by atoms with E-state index in [-0.39, 0.29) is 11.7 Å². The van der Waals surface area contributed by atoms with Crippen LogP contribution in [0.1, 0.15) is 28.1 Å². The standard InChI is InChI=1S/C30H23ClN4O2S/c1-35-25(19-7-9-20(10-8-19)28-6-4-14-38-28)18-33-29(35)24(17-23-5-2-3-13-32-23)34-30(36)27-16-21-15-22(31)11-12-26(21)37-27/h2-16,18,24H,17H2,1H3,(H,34,36). The Hall–Kier alpha value is -4.20. The molecule has 6 nitrogen and oxygen atoms in total. The number of thiophene rings is 1. The van der Waals surface area contributed by atoms with Crippen LogP contribution in [-0.4, -0.2) is 20.4 Å². The first-order valence-corrected chi connectivity index (χ1v) is 13.4. The van der Waals surface area contributed by atoms with Crippen molar-refractivity contribution in [2.45, 2.75) is 12.5 Å². The molecule has 1 atom stereocenters. The molecule has 1 unspecified atom stereocenters. The predicted octanol–water partition coefficient (Wildman–Crippen LogP) is 7.32. The van der Waals surface area contributed by atoms with E-state index in [2.05, 4.69) is 52.1 Å². The molecule has 4 heterocycles. The number of aromatic nitrogens is 3. The maximum absolute atomic E-state index is 13.3. The van der Waals surface area contributed by atoms with Crippen LogP contribution >= 0.6 is 22.9 Å². The van der Waals surface area contributed by atoms with Crippen LogP contribution in [0.5, 0.6) is 0 Å². The van der Waals surface area contributed by atoms with Crippen LogP contribution in [0.2, 0.25) is 5.02 Å². The van der Waals surface area contributed by atoms with Gasteiger partial charge in [-0.2, -0.15) is 0 Å². The van der Waals surface area contributed by atoms with E-state index in [0.717, 1.165) is 28.2 Å². The average Bonchev–Trinajstić information content (AvgIpc) is 3.69. The normalized spacial score (nSPS) is 12.1. The zero-order valence-corrected chi connectivity index (χ0v) is 22.0. The Labute approximate surface area is 228 Å². The van der Waals surface area contributed by atoms with E-state index >= 15 is 0 Å². The van der Waals surface area contributed by atoms with Crippen molar-refractivity contribution in [3.63, 3.8) is 0 Å². The summed E-state index contributed by atoms with van der Waals surface area (Å²) in [6.07, 6.45) is 4.06. The van der Waals surface area contributed by atoms with Gasteiger partial charge in [-0.25, -0.2) is 4.98 Å². The van der Waals surface area contributed by atoms with Gasteiger partial charge in [-0.3, -0.25) is 9.78 Å². The molecule has 38 heavy (non-hydrogen) atoms. The summed E-state index contributed by atoms with van der Waals surface area (Å²) in [6, 6.07) is 24.9. The van der Waals surface area contributed by atoms with E-state index in [1.54, 1.807) is 41.8 Å². The van der Waals surface area contributed by atoms with Crippen molar-refractivity contribution in [1.82, 2.24) is 19.9 Å². The second-order valence-corrected chi connectivity index (χ2v) is 10.3. The van der Waals surface area contributed by atoms with E-state index in [4.69, 9.17) is 21.0 Å². The minimum Gasteiger partial charge on any atom is -0.451 e. The van der Waals surface area contributed by atoms with Crippen molar-refractivity contribution in [3.05, 3.63) is 119 Å². The smallest absolute Gasteiger partial charge is 0.287 e. The number of amides is 1. The molecular weight excluding hydrogens is 516 g/mol. The molecule has 188 valence electrons. The maximum atomic E-state index is 13.3. The van der Waals surface area contributed by atoms with Gasteiger partial charge in [0.2, 0.25) is 0 Å². The van der Waals surface area contributed by atoms with Crippen molar-refractivity contribution in [1.29, 1.82) is 0 Å². The molecule has 0 aliphatic rings. The van der Waals surface area contributed by atoms with Gasteiger partial charge in [0.25, 0.3) is 5.91 Å². The molecular formula is C30H23ClN4O2S.